The molecule has 0 unspecified atom stereocenters. The molecule has 6 nitrogen and oxygen atoms in total. The van der Waals surface area contributed by atoms with Gasteiger partial charge in [0.05, 0.1) is 4.92 Å². The lowest BCUT2D eigenvalue weighted by Crippen LogP contribution is -2.13. The van der Waals surface area contributed by atoms with Gasteiger partial charge in [-0.15, -0.1) is 11.6 Å². The maximum Gasteiger partial charge on any atom is 0.269 e. The second-order valence-corrected chi connectivity index (χ2v) is 4.94. The largest absolute Gasteiger partial charge is 0.283 e. The molecule has 1 rings (SSSR count). The van der Waals surface area contributed by atoms with Gasteiger partial charge in [0.2, 0.25) is 10.0 Å². The van der Waals surface area contributed by atoms with Crippen molar-refractivity contribution < 1.29 is 13.3 Å². The second kappa shape index (κ2) is 4.45. The standard InChI is InChI=1S/C7H7ClN2O4S/c8-5-15(13,14)9-6-1-3-7(4-2-6)10(11)12/h1-4,9H,5H2. The first-order valence-corrected chi connectivity index (χ1v) is 5.94. The van der Waals surface area contributed by atoms with Crippen molar-refractivity contribution in [3.63, 3.8) is 0 Å². The molecule has 0 fully saturated rings. The number of sulfonamides is 1. The van der Waals surface area contributed by atoms with Crippen LogP contribution in [0.25, 0.3) is 0 Å². The number of benzene rings is 1. The summed E-state index contributed by atoms with van der Waals surface area (Å²) < 4.78 is 24.2. The smallest absolute Gasteiger partial charge is 0.269 e. The Labute approximate surface area is 91.1 Å². The van der Waals surface area contributed by atoms with Gasteiger partial charge < -0.3 is 0 Å². The highest BCUT2D eigenvalue weighted by Gasteiger charge is 2.09. The van der Waals surface area contributed by atoms with Crippen molar-refractivity contribution in [3.8, 4) is 0 Å². The average Bonchev–Trinajstić information content (AvgIpc) is 2.18. The number of halogens is 1. The number of nitrogens with one attached hydrogen (secondary N) is 1. The maximum absolute atomic E-state index is 11.0. The number of nitro benzene ring substituents is 1. The van der Waals surface area contributed by atoms with Gasteiger partial charge in [0.15, 0.2) is 0 Å². The van der Waals surface area contributed by atoms with Gasteiger partial charge in [-0.3, -0.25) is 14.8 Å². The van der Waals surface area contributed by atoms with E-state index < -0.39 is 20.2 Å². The van der Waals surface area contributed by atoms with Crippen LogP contribution in [0.5, 0.6) is 0 Å². The first kappa shape index (κ1) is 11.7. The number of nitrogens with zero attached hydrogens (tertiary/aromatic N) is 1. The summed E-state index contributed by atoms with van der Waals surface area (Å²) >= 11 is 5.17. The van der Waals surface area contributed by atoms with Gasteiger partial charge in [0.25, 0.3) is 5.69 Å². The van der Waals surface area contributed by atoms with Crippen molar-refractivity contribution in [2.75, 3.05) is 9.93 Å². The normalized spacial score (nSPS) is 11.0. The molecule has 1 aromatic carbocycles. The first-order chi connectivity index (χ1) is 6.94. The monoisotopic (exact) mass is 250 g/mol. The van der Waals surface area contributed by atoms with Crippen LogP contribution in [0.15, 0.2) is 24.3 Å². The lowest BCUT2D eigenvalue weighted by Gasteiger charge is -2.03. The van der Waals surface area contributed by atoms with Crippen LogP contribution in [0.4, 0.5) is 11.4 Å². The molecular weight excluding hydrogens is 244 g/mol. The minimum Gasteiger partial charge on any atom is -0.283 e. The predicted molar refractivity (Wildman–Crippen MR) is 56.4 cm³/mol. The molecule has 0 saturated carbocycles. The highest BCUT2D eigenvalue weighted by atomic mass is 35.5. The number of alkyl halides is 1. The van der Waals surface area contributed by atoms with Gasteiger partial charge in [-0.1, -0.05) is 0 Å². The third-order valence-electron chi connectivity index (χ3n) is 1.50. The van der Waals surface area contributed by atoms with Crippen LogP contribution in [0, 0.1) is 10.1 Å². The molecule has 0 radical (unpaired) electrons. The molecule has 0 aliphatic rings. The average molecular weight is 251 g/mol. The van der Waals surface area contributed by atoms with Crippen molar-refractivity contribution in [1.82, 2.24) is 0 Å². The van der Waals surface area contributed by atoms with Crippen LogP contribution in [0.3, 0.4) is 0 Å². The Morgan fingerprint density at radius 1 is 1.33 bits per heavy atom. The molecule has 0 atom stereocenters. The molecule has 1 aromatic rings. The van der Waals surface area contributed by atoms with E-state index in [2.05, 4.69) is 4.72 Å². The quantitative estimate of drug-likeness (QED) is 0.499. The number of rotatable bonds is 4. The van der Waals surface area contributed by atoms with E-state index in [4.69, 9.17) is 11.6 Å². The minimum atomic E-state index is -3.56. The molecule has 82 valence electrons. The highest BCUT2D eigenvalue weighted by molar-refractivity contribution is 7.93. The SMILES string of the molecule is O=[N+]([O-])c1ccc(NS(=O)(=O)CCl)cc1. The van der Waals surface area contributed by atoms with Crippen LogP contribution < -0.4 is 4.72 Å². The fourth-order valence-corrected chi connectivity index (χ4v) is 1.57. The zero-order chi connectivity index (χ0) is 11.5. The molecule has 0 heterocycles. The zero-order valence-corrected chi connectivity index (χ0v) is 8.96. The van der Waals surface area contributed by atoms with Crippen LogP contribution >= 0.6 is 11.6 Å². The number of hydrogen-bond acceptors (Lipinski definition) is 4. The topological polar surface area (TPSA) is 89.3 Å². The van der Waals surface area contributed by atoms with Crippen LogP contribution in [0.1, 0.15) is 0 Å². The van der Waals surface area contributed by atoms with E-state index in [1.807, 2.05) is 0 Å². The molecule has 0 amide bonds. The molecular formula is C7H7ClN2O4S. The third-order valence-corrected chi connectivity index (χ3v) is 3.19. The summed E-state index contributed by atoms with van der Waals surface area (Å²) in [6.07, 6.45) is 0. The van der Waals surface area contributed by atoms with E-state index in [9.17, 15) is 18.5 Å². The first-order valence-electron chi connectivity index (χ1n) is 3.75. The van der Waals surface area contributed by atoms with Gasteiger partial charge in [0, 0.05) is 17.8 Å². The van der Waals surface area contributed by atoms with E-state index in [1.165, 1.54) is 24.3 Å². The molecule has 0 saturated heterocycles. The molecule has 8 heteroatoms. The van der Waals surface area contributed by atoms with E-state index in [0.29, 0.717) is 0 Å². The van der Waals surface area contributed by atoms with E-state index >= 15 is 0 Å². The van der Waals surface area contributed by atoms with Crippen molar-refractivity contribution in [2.24, 2.45) is 0 Å². The molecule has 0 spiro atoms. The van der Waals surface area contributed by atoms with Gasteiger partial charge in [-0.25, -0.2) is 8.42 Å². The van der Waals surface area contributed by atoms with Gasteiger partial charge in [0.1, 0.15) is 5.21 Å². The number of nitro groups is 1. The van der Waals surface area contributed by atoms with E-state index in [0.717, 1.165) is 0 Å². The summed E-state index contributed by atoms with van der Waals surface area (Å²) in [5, 5.41) is 9.73. The van der Waals surface area contributed by atoms with E-state index in [-0.39, 0.29) is 11.4 Å². The second-order valence-electron chi connectivity index (χ2n) is 2.63. The molecule has 0 bridgehead atoms. The Bertz CT molecular complexity index is 456. The van der Waals surface area contributed by atoms with Crippen molar-refractivity contribution in [2.45, 2.75) is 0 Å². The number of anilines is 1. The third kappa shape index (κ3) is 3.37. The lowest BCUT2D eigenvalue weighted by molar-refractivity contribution is -0.384. The summed E-state index contributed by atoms with van der Waals surface area (Å²) in [6, 6.07) is 4.99. The minimum absolute atomic E-state index is 0.108. The Morgan fingerprint density at radius 2 is 1.87 bits per heavy atom. The van der Waals surface area contributed by atoms with Gasteiger partial charge in [-0.05, 0) is 12.1 Å². The number of hydrogen-bond donors (Lipinski definition) is 1. The summed E-state index contributed by atoms with van der Waals surface area (Å²) in [7, 11) is -3.56. The summed E-state index contributed by atoms with van der Waals surface area (Å²) in [5.41, 5.74) is 0.130. The Kier molecular flexibility index (Phi) is 3.48. The van der Waals surface area contributed by atoms with Crippen LogP contribution in [-0.4, -0.2) is 18.6 Å². The number of non-ortho nitro benzene ring substituents is 1. The molecule has 1 N–H and O–H groups in total. The van der Waals surface area contributed by atoms with Crippen molar-refractivity contribution in [3.05, 3.63) is 34.4 Å². The Morgan fingerprint density at radius 3 is 2.27 bits per heavy atom. The Hall–Kier alpha value is -1.34. The van der Waals surface area contributed by atoms with Crippen LogP contribution in [0.2, 0.25) is 0 Å². The lowest BCUT2D eigenvalue weighted by atomic mass is 10.3. The van der Waals surface area contributed by atoms with Crippen LogP contribution in [-0.2, 0) is 10.0 Å². The molecule has 15 heavy (non-hydrogen) atoms. The summed E-state index contributed by atoms with van der Waals surface area (Å²) in [4.78, 5) is 9.73. The maximum atomic E-state index is 11.0. The van der Waals surface area contributed by atoms with Crippen molar-refractivity contribution in [1.29, 1.82) is 0 Å². The summed E-state index contributed by atoms with van der Waals surface area (Å²) in [5.74, 6) is 0. The highest BCUT2D eigenvalue weighted by Crippen LogP contribution is 2.16. The zero-order valence-electron chi connectivity index (χ0n) is 7.38. The summed E-state index contributed by atoms with van der Waals surface area (Å²) in [6.45, 7) is 0. The van der Waals surface area contributed by atoms with E-state index in [1.54, 1.807) is 0 Å². The van der Waals surface area contributed by atoms with Gasteiger partial charge in [-0.2, -0.15) is 0 Å². The Balaban J connectivity index is 2.86. The predicted octanol–water partition coefficient (Wildman–Crippen LogP) is 1.53. The van der Waals surface area contributed by atoms with Gasteiger partial charge >= 0.3 is 0 Å². The van der Waals surface area contributed by atoms with Crippen molar-refractivity contribution >= 4 is 33.0 Å². The molecule has 0 aliphatic heterocycles. The molecule has 0 aromatic heterocycles. The molecule has 0 aliphatic carbocycles. The fraction of sp³-hybridized carbons (Fsp3) is 0.143. The fourth-order valence-electron chi connectivity index (χ4n) is 0.858.